The van der Waals surface area contributed by atoms with E-state index >= 15 is 0 Å². The second-order valence-corrected chi connectivity index (χ2v) is 6.28. The minimum atomic E-state index is -0.392. The molecule has 1 fully saturated rings. The van der Waals surface area contributed by atoms with Crippen molar-refractivity contribution in [1.29, 1.82) is 0 Å². The van der Waals surface area contributed by atoms with Gasteiger partial charge in [0, 0.05) is 13.7 Å². The number of rotatable bonds is 7. The third-order valence-electron chi connectivity index (χ3n) is 4.58. The lowest BCUT2D eigenvalue weighted by molar-refractivity contribution is -0.136. The van der Waals surface area contributed by atoms with E-state index in [2.05, 4.69) is 23.6 Å². The van der Waals surface area contributed by atoms with Gasteiger partial charge in [-0.05, 0) is 50.9 Å². The molecular formula is C18H28N2O3. The molecule has 0 bridgehead atoms. The van der Waals surface area contributed by atoms with Crippen LogP contribution in [0.5, 0.6) is 5.75 Å². The van der Waals surface area contributed by atoms with Crippen LogP contribution in [0.3, 0.4) is 0 Å². The van der Waals surface area contributed by atoms with Gasteiger partial charge in [0.15, 0.2) is 0 Å². The average molecular weight is 320 g/mol. The lowest BCUT2D eigenvalue weighted by Crippen LogP contribution is -2.50. The first-order chi connectivity index (χ1) is 11.1. The van der Waals surface area contributed by atoms with Gasteiger partial charge in [-0.2, -0.15) is 0 Å². The van der Waals surface area contributed by atoms with Crippen LogP contribution in [0.15, 0.2) is 18.2 Å². The van der Waals surface area contributed by atoms with Crippen molar-refractivity contribution in [2.75, 3.05) is 40.5 Å². The van der Waals surface area contributed by atoms with Crippen molar-refractivity contribution in [2.24, 2.45) is 5.41 Å². The summed E-state index contributed by atoms with van der Waals surface area (Å²) >= 11 is 0. The summed E-state index contributed by atoms with van der Waals surface area (Å²) in [6.07, 6.45) is 2.40. The van der Waals surface area contributed by atoms with Gasteiger partial charge < -0.3 is 20.1 Å². The third-order valence-corrected chi connectivity index (χ3v) is 4.58. The molecule has 1 aromatic rings. The Morgan fingerprint density at radius 2 is 2.04 bits per heavy atom. The van der Waals surface area contributed by atoms with Gasteiger partial charge in [0.25, 0.3) is 0 Å². The molecule has 1 saturated heterocycles. The maximum Gasteiger partial charge on any atom is 0.228 e. The molecule has 0 atom stereocenters. The average Bonchev–Trinajstić information content (AvgIpc) is 2.56. The second kappa shape index (κ2) is 8.31. The number of ether oxygens (including phenoxy) is 2. The minimum absolute atomic E-state index is 0.104. The molecule has 1 amide bonds. The Morgan fingerprint density at radius 1 is 1.30 bits per heavy atom. The number of aryl methyl sites for hydroxylation is 1. The number of benzene rings is 1. The smallest absolute Gasteiger partial charge is 0.228 e. The van der Waals surface area contributed by atoms with Gasteiger partial charge >= 0.3 is 0 Å². The summed E-state index contributed by atoms with van der Waals surface area (Å²) in [6, 6.07) is 6.12. The summed E-state index contributed by atoms with van der Waals surface area (Å²) < 4.78 is 10.7. The first-order valence-electron chi connectivity index (χ1n) is 8.23. The zero-order valence-electron chi connectivity index (χ0n) is 14.4. The van der Waals surface area contributed by atoms with Crippen molar-refractivity contribution in [3.63, 3.8) is 0 Å². The molecule has 0 saturated carbocycles. The molecule has 23 heavy (non-hydrogen) atoms. The molecule has 5 nitrogen and oxygen atoms in total. The highest BCUT2D eigenvalue weighted by molar-refractivity contribution is 5.83. The minimum Gasteiger partial charge on any atom is -0.496 e. The quantitative estimate of drug-likeness (QED) is 0.802. The Labute approximate surface area is 138 Å². The fourth-order valence-corrected chi connectivity index (χ4v) is 3.22. The summed E-state index contributed by atoms with van der Waals surface area (Å²) in [4.78, 5) is 12.7. The van der Waals surface area contributed by atoms with E-state index in [1.54, 1.807) is 14.2 Å². The number of carbonyl (C=O) groups is 1. The van der Waals surface area contributed by atoms with Crippen LogP contribution >= 0.6 is 0 Å². The van der Waals surface area contributed by atoms with Gasteiger partial charge in [-0.25, -0.2) is 0 Å². The van der Waals surface area contributed by atoms with Crippen LogP contribution < -0.4 is 15.4 Å². The highest BCUT2D eigenvalue weighted by Crippen LogP contribution is 2.29. The Bertz CT molecular complexity index is 519. The number of hydrogen-bond donors (Lipinski definition) is 2. The SMILES string of the molecule is COCC1(C(=O)NCCc2cc(C)ccc2OC)CCNCC1. The van der Waals surface area contributed by atoms with Gasteiger partial charge in [0.2, 0.25) is 5.91 Å². The normalized spacial score (nSPS) is 16.8. The monoisotopic (exact) mass is 320 g/mol. The number of piperidine rings is 1. The van der Waals surface area contributed by atoms with Crippen molar-refractivity contribution in [3.05, 3.63) is 29.3 Å². The molecule has 1 heterocycles. The van der Waals surface area contributed by atoms with Crippen molar-refractivity contribution in [2.45, 2.75) is 26.2 Å². The zero-order valence-corrected chi connectivity index (χ0v) is 14.4. The Morgan fingerprint density at radius 3 is 2.70 bits per heavy atom. The van der Waals surface area contributed by atoms with E-state index in [-0.39, 0.29) is 5.91 Å². The van der Waals surface area contributed by atoms with E-state index in [1.807, 2.05) is 12.1 Å². The van der Waals surface area contributed by atoms with E-state index < -0.39 is 5.41 Å². The fourth-order valence-electron chi connectivity index (χ4n) is 3.22. The number of carbonyl (C=O) groups excluding carboxylic acids is 1. The van der Waals surface area contributed by atoms with E-state index in [4.69, 9.17) is 9.47 Å². The lowest BCUT2D eigenvalue weighted by Gasteiger charge is -2.35. The van der Waals surface area contributed by atoms with Crippen LogP contribution in [0.1, 0.15) is 24.0 Å². The second-order valence-electron chi connectivity index (χ2n) is 6.28. The van der Waals surface area contributed by atoms with Crippen LogP contribution in [0.2, 0.25) is 0 Å². The number of nitrogens with one attached hydrogen (secondary N) is 2. The maximum absolute atomic E-state index is 12.7. The van der Waals surface area contributed by atoms with Gasteiger partial charge in [0.1, 0.15) is 5.75 Å². The molecule has 1 aromatic carbocycles. The van der Waals surface area contributed by atoms with Crippen LogP contribution in [0, 0.1) is 12.3 Å². The third kappa shape index (κ3) is 4.45. The molecule has 5 heteroatoms. The van der Waals surface area contributed by atoms with E-state index in [9.17, 15) is 4.79 Å². The molecule has 128 valence electrons. The van der Waals surface area contributed by atoms with Crippen molar-refractivity contribution < 1.29 is 14.3 Å². The lowest BCUT2D eigenvalue weighted by atomic mass is 9.78. The summed E-state index contributed by atoms with van der Waals surface area (Å²) in [6.45, 7) is 4.88. The number of hydrogen-bond acceptors (Lipinski definition) is 4. The van der Waals surface area contributed by atoms with Crippen LogP contribution in [-0.2, 0) is 16.0 Å². The van der Waals surface area contributed by atoms with Crippen molar-refractivity contribution in [3.8, 4) is 5.75 Å². The number of methoxy groups -OCH3 is 2. The molecule has 0 aliphatic carbocycles. The Kier molecular flexibility index (Phi) is 6.42. The zero-order chi connectivity index (χ0) is 16.7. The highest BCUT2D eigenvalue weighted by atomic mass is 16.5. The Hall–Kier alpha value is -1.59. The molecular weight excluding hydrogens is 292 g/mol. The van der Waals surface area contributed by atoms with E-state index in [0.717, 1.165) is 43.7 Å². The van der Waals surface area contributed by atoms with E-state index in [1.165, 1.54) is 5.56 Å². The number of amides is 1. The van der Waals surface area contributed by atoms with Crippen molar-refractivity contribution in [1.82, 2.24) is 10.6 Å². The van der Waals surface area contributed by atoms with Crippen LogP contribution in [-0.4, -0.2) is 46.4 Å². The first-order valence-corrected chi connectivity index (χ1v) is 8.23. The molecule has 0 spiro atoms. The summed E-state index contributed by atoms with van der Waals surface area (Å²) in [7, 11) is 3.34. The fraction of sp³-hybridized carbons (Fsp3) is 0.611. The largest absolute Gasteiger partial charge is 0.496 e. The summed E-state index contributed by atoms with van der Waals surface area (Å²) in [5.41, 5.74) is 1.93. The van der Waals surface area contributed by atoms with E-state index in [0.29, 0.717) is 13.2 Å². The molecule has 2 rings (SSSR count). The predicted molar refractivity (Wildman–Crippen MR) is 90.9 cm³/mol. The highest BCUT2D eigenvalue weighted by Gasteiger charge is 2.39. The van der Waals surface area contributed by atoms with Crippen molar-refractivity contribution >= 4 is 5.91 Å². The van der Waals surface area contributed by atoms with Gasteiger partial charge in [-0.15, -0.1) is 0 Å². The molecule has 1 aliphatic rings. The van der Waals surface area contributed by atoms with Crippen LogP contribution in [0.4, 0.5) is 0 Å². The first kappa shape index (κ1) is 17.8. The summed E-state index contributed by atoms with van der Waals surface area (Å²) in [5, 5.41) is 6.40. The standard InChI is InChI=1S/C18H28N2O3/c1-14-4-5-16(23-3)15(12-14)6-9-20-17(21)18(13-22-2)7-10-19-11-8-18/h4-5,12,19H,6-11,13H2,1-3H3,(H,20,21). The molecule has 1 aliphatic heterocycles. The molecule has 0 aromatic heterocycles. The van der Waals surface area contributed by atoms with Gasteiger partial charge in [-0.1, -0.05) is 17.7 Å². The van der Waals surface area contributed by atoms with Gasteiger partial charge in [0.05, 0.1) is 19.1 Å². The predicted octanol–water partition coefficient (Wildman–Crippen LogP) is 1.68. The topological polar surface area (TPSA) is 59.6 Å². The molecule has 2 N–H and O–H groups in total. The molecule has 0 unspecified atom stereocenters. The maximum atomic E-state index is 12.7. The summed E-state index contributed by atoms with van der Waals surface area (Å²) in [5.74, 6) is 0.978. The van der Waals surface area contributed by atoms with Crippen LogP contribution in [0.25, 0.3) is 0 Å². The van der Waals surface area contributed by atoms with Gasteiger partial charge in [-0.3, -0.25) is 4.79 Å². The molecule has 0 radical (unpaired) electrons. The Balaban J connectivity index is 1.94.